The number of benzene rings is 1. The molecule has 0 spiro atoms. The highest BCUT2D eigenvalue weighted by Gasteiger charge is 2.32. The molecule has 1 aromatic heterocycles. The number of unbranched alkanes of at least 4 members (excludes halogenated alkanes) is 1. The van der Waals surface area contributed by atoms with Crippen LogP contribution >= 0.6 is 0 Å². The topological polar surface area (TPSA) is 57.9 Å². The zero-order chi connectivity index (χ0) is 16.4. The van der Waals surface area contributed by atoms with E-state index in [0.717, 1.165) is 42.5 Å². The van der Waals surface area contributed by atoms with Gasteiger partial charge in [0.15, 0.2) is 0 Å². The first-order valence-corrected chi connectivity index (χ1v) is 8.64. The standard InChI is InChI=1S/C19H26N2O2/c1-4-5-6-15-11-16-17(19(22)21-20-16)18(23-15)14-9-7-13(8-10-14)12(2)3/h7-10,12,15,18H,4-6,11H2,1-3H3,(H2,20,21,22)/t15-,18+/m1/s1. The summed E-state index contributed by atoms with van der Waals surface area (Å²) >= 11 is 0. The van der Waals surface area contributed by atoms with Crippen LogP contribution in [0.15, 0.2) is 29.1 Å². The van der Waals surface area contributed by atoms with Crippen molar-refractivity contribution in [1.82, 2.24) is 10.2 Å². The van der Waals surface area contributed by atoms with Crippen LogP contribution in [0.1, 0.15) is 74.4 Å². The van der Waals surface area contributed by atoms with E-state index in [2.05, 4.69) is 55.2 Å². The third-order valence-electron chi connectivity index (χ3n) is 4.70. The fraction of sp³-hybridized carbons (Fsp3) is 0.526. The molecular weight excluding hydrogens is 288 g/mol. The van der Waals surface area contributed by atoms with E-state index in [1.54, 1.807) is 0 Å². The van der Waals surface area contributed by atoms with Crippen LogP contribution in [0.5, 0.6) is 0 Å². The molecule has 4 heteroatoms. The fourth-order valence-corrected chi connectivity index (χ4v) is 3.28. The van der Waals surface area contributed by atoms with E-state index in [1.807, 2.05) is 0 Å². The smallest absolute Gasteiger partial charge is 0.270 e. The van der Waals surface area contributed by atoms with Gasteiger partial charge in [-0.2, -0.15) is 0 Å². The normalized spacial score (nSPS) is 20.7. The Labute approximate surface area is 137 Å². The molecule has 0 fully saturated rings. The minimum Gasteiger partial charge on any atom is -0.365 e. The number of hydrogen-bond acceptors (Lipinski definition) is 2. The van der Waals surface area contributed by atoms with Gasteiger partial charge in [0, 0.05) is 12.1 Å². The predicted octanol–water partition coefficient (Wildman–Crippen LogP) is 4.05. The van der Waals surface area contributed by atoms with Crippen LogP contribution in [0.2, 0.25) is 0 Å². The Morgan fingerprint density at radius 2 is 1.96 bits per heavy atom. The van der Waals surface area contributed by atoms with E-state index in [9.17, 15) is 4.79 Å². The lowest BCUT2D eigenvalue weighted by Gasteiger charge is -2.30. The van der Waals surface area contributed by atoms with Gasteiger partial charge in [0.25, 0.3) is 5.56 Å². The van der Waals surface area contributed by atoms with E-state index in [-0.39, 0.29) is 17.8 Å². The minimum absolute atomic E-state index is 0.0631. The van der Waals surface area contributed by atoms with Crippen LogP contribution in [0.25, 0.3) is 0 Å². The van der Waals surface area contributed by atoms with Crippen molar-refractivity contribution in [3.05, 3.63) is 57.0 Å². The molecule has 1 aliphatic rings. The molecule has 3 rings (SSSR count). The predicted molar refractivity (Wildman–Crippen MR) is 91.9 cm³/mol. The number of rotatable bonds is 5. The second-order valence-corrected chi connectivity index (χ2v) is 6.78. The van der Waals surface area contributed by atoms with Crippen molar-refractivity contribution in [2.75, 3.05) is 0 Å². The molecule has 4 nitrogen and oxygen atoms in total. The van der Waals surface area contributed by atoms with Gasteiger partial charge in [-0.1, -0.05) is 57.9 Å². The fourth-order valence-electron chi connectivity index (χ4n) is 3.28. The van der Waals surface area contributed by atoms with E-state index >= 15 is 0 Å². The number of nitrogens with one attached hydrogen (secondary N) is 2. The van der Waals surface area contributed by atoms with Crippen molar-refractivity contribution in [3.63, 3.8) is 0 Å². The molecule has 2 N–H and O–H groups in total. The first kappa shape index (κ1) is 16.1. The number of hydrogen-bond donors (Lipinski definition) is 2. The zero-order valence-electron chi connectivity index (χ0n) is 14.2. The molecule has 124 valence electrons. The molecule has 2 atom stereocenters. The third kappa shape index (κ3) is 3.27. The second kappa shape index (κ2) is 6.75. The van der Waals surface area contributed by atoms with Gasteiger partial charge >= 0.3 is 0 Å². The van der Waals surface area contributed by atoms with Crippen molar-refractivity contribution in [1.29, 1.82) is 0 Å². The lowest BCUT2D eigenvalue weighted by molar-refractivity contribution is -0.0103. The number of aromatic amines is 2. The Morgan fingerprint density at radius 3 is 2.61 bits per heavy atom. The Morgan fingerprint density at radius 1 is 1.22 bits per heavy atom. The lowest BCUT2D eigenvalue weighted by Crippen LogP contribution is -2.29. The molecule has 2 aromatic rings. The number of H-pyrrole nitrogens is 2. The first-order chi connectivity index (χ1) is 11.1. The monoisotopic (exact) mass is 314 g/mol. The number of ether oxygens (including phenoxy) is 1. The van der Waals surface area contributed by atoms with Crippen molar-refractivity contribution in [3.8, 4) is 0 Å². The van der Waals surface area contributed by atoms with Gasteiger partial charge in [0.2, 0.25) is 0 Å². The van der Waals surface area contributed by atoms with E-state index in [0.29, 0.717) is 5.92 Å². The average Bonchev–Trinajstić information content (AvgIpc) is 2.93. The summed E-state index contributed by atoms with van der Waals surface area (Å²) in [5.74, 6) is 0.500. The summed E-state index contributed by atoms with van der Waals surface area (Å²) in [5, 5.41) is 5.77. The van der Waals surface area contributed by atoms with E-state index in [1.165, 1.54) is 5.56 Å². The molecular formula is C19H26N2O2. The summed E-state index contributed by atoms with van der Waals surface area (Å²) < 4.78 is 6.30. The largest absolute Gasteiger partial charge is 0.365 e. The zero-order valence-corrected chi connectivity index (χ0v) is 14.2. The molecule has 0 bridgehead atoms. The van der Waals surface area contributed by atoms with Crippen molar-refractivity contribution >= 4 is 0 Å². The number of fused-ring (bicyclic) bond motifs is 1. The molecule has 0 radical (unpaired) electrons. The molecule has 0 aliphatic carbocycles. The van der Waals surface area contributed by atoms with Gasteiger partial charge in [-0.05, 0) is 23.5 Å². The van der Waals surface area contributed by atoms with Gasteiger partial charge in [0.1, 0.15) is 6.10 Å². The van der Waals surface area contributed by atoms with Crippen LogP contribution in [0, 0.1) is 0 Å². The first-order valence-electron chi connectivity index (χ1n) is 8.64. The van der Waals surface area contributed by atoms with Crippen LogP contribution in [0.3, 0.4) is 0 Å². The van der Waals surface area contributed by atoms with Gasteiger partial charge in [-0.25, -0.2) is 0 Å². The molecule has 0 unspecified atom stereocenters. The second-order valence-electron chi connectivity index (χ2n) is 6.78. The molecule has 0 saturated heterocycles. The average molecular weight is 314 g/mol. The van der Waals surface area contributed by atoms with Gasteiger partial charge < -0.3 is 9.84 Å². The van der Waals surface area contributed by atoms with Crippen LogP contribution in [0.4, 0.5) is 0 Å². The summed E-state index contributed by atoms with van der Waals surface area (Å²) in [6.45, 7) is 6.55. The van der Waals surface area contributed by atoms with Crippen LogP contribution < -0.4 is 5.56 Å². The maximum Gasteiger partial charge on any atom is 0.270 e. The Kier molecular flexibility index (Phi) is 4.71. The third-order valence-corrected chi connectivity index (χ3v) is 4.70. The van der Waals surface area contributed by atoms with Crippen molar-refractivity contribution in [2.45, 2.75) is 64.6 Å². The Bertz CT molecular complexity index is 697. The van der Waals surface area contributed by atoms with Crippen LogP contribution in [-0.2, 0) is 11.2 Å². The molecule has 23 heavy (non-hydrogen) atoms. The summed E-state index contributed by atoms with van der Waals surface area (Å²) in [4.78, 5) is 12.2. The molecule has 1 aromatic carbocycles. The Balaban J connectivity index is 1.92. The number of aromatic nitrogens is 2. The van der Waals surface area contributed by atoms with Gasteiger partial charge in [0.05, 0.1) is 11.7 Å². The molecule has 1 aliphatic heterocycles. The summed E-state index contributed by atoms with van der Waals surface area (Å²) in [5.41, 5.74) is 4.04. The van der Waals surface area contributed by atoms with Crippen LogP contribution in [-0.4, -0.2) is 16.3 Å². The SMILES string of the molecule is CCCC[C@@H]1Cc2[nH][nH]c(=O)c2[C@H](c2ccc(C(C)C)cc2)O1. The molecule has 2 heterocycles. The van der Waals surface area contributed by atoms with E-state index < -0.39 is 0 Å². The highest BCUT2D eigenvalue weighted by Crippen LogP contribution is 2.34. The van der Waals surface area contributed by atoms with Gasteiger partial charge in [-0.15, -0.1) is 0 Å². The van der Waals surface area contributed by atoms with E-state index in [4.69, 9.17) is 4.74 Å². The van der Waals surface area contributed by atoms with Gasteiger partial charge in [-0.3, -0.25) is 9.89 Å². The Hall–Kier alpha value is -1.81. The summed E-state index contributed by atoms with van der Waals surface area (Å²) in [6, 6.07) is 8.47. The summed E-state index contributed by atoms with van der Waals surface area (Å²) in [6.07, 6.45) is 4.02. The van der Waals surface area contributed by atoms with Crippen molar-refractivity contribution in [2.24, 2.45) is 0 Å². The maximum absolute atomic E-state index is 12.2. The van der Waals surface area contributed by atoms with Crippen molar-refractivity contribution < 1.29 is 4.74 Å². The summed E-state index contributed by atoms with van der Waals surface area (Å²) in [7, 11) is 0. The highest BCUT2D eigenvalue weighted by molar-refractivity contribution is 5.35. The minimum atomic E-state index is -0.267. The quantitative estimate of drug-likeness (QED) is 0.875. The molecule has 0 saturated carbocycles. The lowest BCUT2D eigenvalue weighted by atomic mass is 9.92. The molecule has 0 amide bonds. The highest BCUT2D eigenvalue weighted by atomic mass is 16.5. The maximum atomic E-state index is 12.2.